The lowest BCUT2D eigenvalue weighted by molar-refractivity contribution is -0.127. The van der Waals surface area contributed by atoms with Crippen LogP contribution in [0.15, 0.2) is 18.2 Å². The number of likely N-dealkylation sites (N-methyl/N-ethyl adjacent to an activating group) is 2. The minimum absolute atomic E-state index is 0.0637. The van der Waals surface area contributed by atoms with Gasteiger partial charge in [-0.2, -0.15) is 0 Å². The van der Waals surface area contributed by atoms with Crippen LogP contribution in [0.25, 0.3) is 0 Å². The maximum absolute atomic E-state index is 13.2. The molecule has 0 aliphatic carbocycles. The number of anilines is 2. The van der Waals surface area contributed by atoms with Gasteiger partial charge in [0.1, 0.15) is 5.82 Å². The number of amides is 1. The van der Waals surface area contributed by atoms with Crippen LogP contribution in [-0.2, 0) is 4.79 Å². The molecule has 0 unspecified atom stereocenters. The molecule has 0 bridgehead atoms. The largest absolute Gasteiger partial charge is 0.395 e. The highest BCUT2D eigenvalue weighted by Gasteiger charge is 2.13. The smallest absolute Gasteiger partial charge is 0.241 e. The van der Waals surface area contributed by atoms with Crippen molar-refractivity contribution in [3.63, 3.8) is 0 Å². The molecular weight excluding hydrogens is 209 g/mol. The van der Waals surface area contributed by atoms with E-state index < -0.39 is 5.82 Å². The van der Waals surface area contributed by atoms with E-state index in [0.29, 0.717) is 5.69 Å². The van der Waals surface area contributed by atoms with Crippen LogP contribution >= 0.6 is 0 Å². The Morgan fingerprint density at radius 2 is 2.00 bits per heavy atom. The summed E-state index contributed by atoms with van der Waals surface area (Å²) in [6, 6.07) is 4.54. The molecule has 0 radical (unpaired) electrons. The van der Waals surface area contributed by atoms with E-state index in [2.05, 4.69) is 0 Å². The van der Waals surface area contributed by atoms with Crippen molar-refractivity contribution < 1.29 is 9.18 Å². The molecule has 1 amide bonds. The quantitative estimate of drug-likeness (QED) is 0.779. The Morgan fingerprint density at radius 3 is 2.56 bits per heavy atom. The number of carbonyl (C=O) groups is 1. The van der Waals surface area contributed by atoms with E-state index in [1.807, 2.05) is 0 Å². The summed E-state index contributed by atoms with van der Waals surface area (Å²) in [5, 5.41) is 0. The zero-order valence-electron chi connectivity index (χ0n) is 9.70. The van der Waals surface area contributed by atoms with Crippen molar-refractivity contribution in [3.8, 4) is 0 Å². The maximum atomic E-state index is 13.2. The van der Waals surface area contributed by atoms with Gasteiger partial charge in [-0.25, -0.2) is 4.39 Å². The zero-order valence-corrected chi connectivity index (χ0v) is 9.70. The molecular formula is C11H16FN3O. The van der Waals surface area contributed by atoms with E-state index in [9.17, 15) is 9.18 Å². The number of hydrogen-bond acceptors (Lipinski definition) is 3. The number of carbonyl (C=O) groups excluding carboxylic acids is 1. The van der Waals surface area contributed by atoms with Crippen molar-refractivity contribution in [2.75, 3.05) is 38.3 Å². The molecule has 2 N–H and O–H groups in total. The summed E-state index contributed by atoms with van der Waals surface area (Å²) >= 11 is 0. The lowest BCUT2D eigenvalue weighted by Crippen LogP contribution is -2.34. The third kappa shape index (κ3) is 2.62. The summed E-state index contributed by atoms with van der Waals surface area (Å²) in [7, 11) is 5.04. The second-order valence-corrected chi connectivity index (χ2v) is 3.82. The maximum Gasteiger partial charge on any atom is 0.241 e. The van der Waals surface area contributed by atoms with E-state index in [1.54, 1.807) is 38.2 Å². The summed E-state index contributed by atoms with van der Waals surface area (Å²) < 4.78 is 13.2. The van der Waals surface area contributed by atoms with Crippen LogP contribution in [0, 0.1) is 5.82 Å². The van der Waals surface area contributed by atoms with E-state index >= 15 is 0 Å². The molecule has 0 atom stereocenters. The molecule has 1 rings (SSSR count). The molecule has 0 aliphatic rings. The molecule has 0 aromatic heterocycles. The molecule has 16 heavy (non-hydrogen) atoms. The number of rotatable bonds is 3. The standard InChI is InChI=1S/C11H16FN3O/c1-14(2)10(16)7-15(3)9-6-4-5-8(12)11(9)13/h4-6H,7,13H2,1-3H3. The van der Waals surface area contributed by atoms with Crippen LogP contribution in [0.1, 0.15) is 0 Å². The van der Waals surface area contributed by atoms with Gasteiger partial charge < -0.3 is 15.5 Å². The minimum atomic E-state index is -0.471. The highest BCUT2D eigenvalue weighted by Crippen LogP contribution is 2.24. The Labute approximate surface area is 94.4 Å². The molecule has 0 spiro atoms. The second kappa shape index (κ2) is 4.83. The fourth-order valence-electron chi connectivity index (χ4n) is 1.29. The Kier molecular flexibility index (Phi) is 3.71. The average Bonchev–Trinajstić information content (AvgIpc) is 2.21. The van der Waals surface area contributed by atoms with E-state index in [0.717, 1.165) is 0 Å². The van der Waals surface area contributed by atoms with Gasteiger partial charge in [0.15, 0.2) is 0 Å². The second-order valence-electron chi connectivity index (χ2n) is 3.82. The number of benzene rings is 1. The van der Waals surface area contributed by atoms with Crippen molar-refractivity contribution >= 4 is 17.3 Å². The highest BCUT2D eigenvalue weighted by atomic mass is 19.1. The first kappa shape index (κ1) is 12.3. The van der Waals surface area contributed by atoms with Crippen LogP contribution in [0.2, 0.25) is 0 Å². The third-order valence-corrected chi connectivity index (χ3v) is 2.31. The normalized spacial score (nSPS) is 10.0. The van der Waals surface area contributed by atoms with Gasteiger partial charge in [-0.05, 0) is 12.1 Å². The molecule has 0 fully saturated rings. The summed E-state index contributed by atoms with van der Waals surface area (Å²) in [5.74, 6) is -0.534. The van der Waals surface area contributed by atoms with Crippen LogP contribution in [0.3, 0.4) is 0 Å². The van der Waals surface area contributed by atoms with E-state index in [1.165, 1.54) is 11.0 Å². The molecule has 88 valence electrons. The summed E-state index contributed by atoms with van der Waals surface area (Å²) in [6.07, 6.45) is 0. The Bertz CT molecular complexity index is 393. The first-order valence-corrected chi connectivity index (χ1v) is 4.88. The predicted octanol–water partition coefficient (Wildman–Crippen LogP) is 0.932. The van der Waals surface area contributed by atoms with Gasteiger partial charge in [0.05, 0.1) is 17.9 Å². The molecule has 0 aliphatic heterocycles. The minimum Gasteiger partial charge on any atom is -0.395 e. The fourth-order valence-corrected chi connectivity index (χ4v) is 1.29. The SMILES string of the molecule is CN(C)C(=O)CN(C)c1cccc(F)c1N. The third-order valence-electron chi connectivity index (χ3n) is 2.31. The molecule has 0 saturated carbocycles. The number of nitrogen functional groups attached to an aromatic ring is 1. The van der Waals surface area contributed by atoms with Crippen molar-refractivity contribution in [1.29, 1.82) is 0 Å². The van der Waals surface area contributed by atoms with Crippen molar-refractivity contribution in [3.05, 3.63) is 24.0 Å². The highest BCUT2D eigenvalue weighted by molar-refractivity contribution is 5.82. The Morgan fingerprint density at radius 1 is 1.38 bits per heavy atom. The lowest BCUT2D eigenvalue weighted by Gasteiger charge is -2.22. The van der Waals surface area contributed by atoms with Gasteiger partial charge in [-0.15, -0.1) is 0 Å². The van der Waals surface area contributed by atoms with Gasteiger partial charge >= 0.3 is 0 Å². The van der Waals surface area contributed by atoms with Crippen molar-refractivity contribution in [2.24, 2.45) is 0 Å². The number of nitrogens with zero attached hydrogens (tertiary/aromatic N) is 2. The first-order chi connectivity index (χ1) is 7.43. The van der Waals surface area contributed by atoms with Crippen molar-refractivity contribution in [1.82, 2.24) is 4.90 Å². The van der Waals surface area contributed by atoms with Crippen LogP contribution in [-0.4, -0.2) is 38.5 Å². The fraction of sp³-hybridized carbons (Fsp3) is 0.364. The molecule has 0 saturated heterocycles. The number of nitrogens with two attached hydrogens (primary N) is 1. The van der Waals surface area contributed by atoms with E-state index in [-0.39, 0.29) is 18.1 Å². The summed E-state index contributed by atoms with van der Waals surface area (Å²) in [4.78, 5) is 14.6. The Hall–Kier alpha value is -1.78. The number of para-hydroxylation sites is 1. The van der Waals surface area contributed by atoms with Gasteiger partial charge in [0, 0.05) is 21.1 Å². The van der Waals surface area contributed by atoms with Crippen LogP contribution in [0.5, 0.6) is 0 Å². The number of hydrogen-bond donors (Lipinski definition) is 1. The average molecular weight is 225 g/mol. The van der Waals surface area contributed by atoms with Crippen LogP contribution < -0.4 is 10.6 Å². The van der Waals surface area contributed by atoms with Crippen LogP contribution in [0.4, 0.5) is 15.8 Å². The summed E-state index contributed by atoms with van der Waals surface area (Å²) in [5.41, 5.74) is 6.18. The van der Waals surface area contributed by atoms with Gasteiger partial charge in [-0.3, -0.25) is 4.79 Å². The predicted molar refractivity (Wildman–Crippen MR) is 62.8 cm³/mol. The first-order valence-electron chi connectivity index (χ1n) is 4.88. The summed E-state index contributed by atoms with van der Waals surface area (Å²) in [6.45, 7) is 0.167. The molecule has 5 heteroatoms. The molecule has 1 aromatic rings. The monoisotopic (exact) mass is 225 g/mol. The topological polar surface area (TPSA) is 49.6 Å². The molecule has 4 nitrogen and oxygen atoms in total. The van der Waals surface area contributed by atoms with Gasteiger partial charge in [0.2, 0.25) is 5.91 Å². The molecule has 1 aromatic carbocycles. The number of halogens is 1. The van der Waals surface area contributed by atoms with Gasteiger partial charge in [0.25, 0.3) is 0 Å². The van der Waals surface area contributed by atoms with Crippen molar-refractivity contribution in [2.45, 2.75) is 0 Å². The lowest BCUT2D eigenvalue weighted by atomic mass is 10.2. The zero-order chi connectivity index (χ0) is 12.3. The van der Waals surface area contributed by atoms with E-state index in [4.69, 9.17) is 5.73 Å². The Balaban J connectivity index is 2.85. The van der Waals surface area contributed by atoms with Gasteiger partial charge in [-0.1, -0.05) is 6.07 Å². The molecule has 0 heterocycles.